The molecule has 0 spiro atoms. The zero-order valence-corrected chi connectivity index (χ0v) is 16.1. The van der Waals surface area contributed by atoms with Crippen LogP contribution < -0.4 is 10.6 Å². The molecule has 1 saturated heterocycles. The predicted octanol–water partition coefficient (Wildman–Crippen LogP) is 2.66. The molecule has 0 aliphatic carbocycles. The van der Waals surface area contributed by atoms with Gasteiger partial charge in [-0.3, -0.25) is 4.79 Å². The first-order valence-electron chi connectivity index (χ1n) is 8.53. The van der Waals surface area contributed by atoms with E-state index in [4.69, 9.17) is 0 Å². The number of benzene rings is 1. The topological polar surface area (TPSA) is 64.7 Å². The second-order valence-corrected chi connectivity index (χ2v) is 6.53. The number of piperidine rings is 1. The Morgan fingerprint density at radius 1 is 1.24 bits per heavy atom. The largest absolute Gasteiger partial charge is 0.339 e. The van der Waals surface area contributed by atoms with Crippen molar-refractivity contribution in [3.8, 4) is 0 Å². The Hall–Kier alpha value is -1.79. The number of hydrogen-bond acceptors (Lipinski definition) is 3. The molecule has 2 rings (SSSR count). The number of hydrogen-bond donors (Lipinski definition) is 2. The maximum atomic E-state index is 12.7. The number of likely N-dealkylation sites (tertiary alicyclic amines) is 1. The maximum Gasteiger partial charge on any atom is 0.321 e. The molecule has 2 N–H and O–H groups in total. The fourth-order valence-electron chi connectivity index (χ4n) is 2.92. The van der Waals surface area contributed by atoms with E-state index >= 15 is 0 Å². The molecule has 1 fully saturated rings. The van der Waals surface area contributed by atoms with Crippen molar-refractivity contribution in [1.29, 1.82) is 0 Å². The summed E-state index contributed by atoms with van der Waals surface area (Å²) in [5, 5.41) is 5.97. The van der Waals surface area contributed by atoms with Gasteiger partial charge in [0, 0.05) is 38.4 Å². The van der Waals surface area contributed by atoms with Gasteiger partial charge in [0.25, 0.3) is 5.91 Å². The van der Waals surface area contributed by atoms with Gasteiger partial charge >= 0.3 is 6.03 Å². The number of rotatable bonds is 5. The van der Waals surface area contributed by atoms with Crippen LogP contribution in [0.3, 0.4) is 0 Å². The highest BCUT2D eigenvalue weighted by atomic mass is 35.5. The van der Waals surface area contributed by atoms with E-state index in [1.165, 1.54) is 11.3 Å². The second-order valence-electron chi connectivity index (χ2n) is 6.53. The van der Waals surface area contributed by atoms with E-state index in [1.807, 2.05) is 11.9 Å². The molecular weight excluding hydrogens is 340 g/mol. The molecule has 0 aromatic heterocycles. The first-order chi connectivity index (χ1) is 11.5. The Labute approximate surface area is 156 Å². The maximum absolute atomic E-state index is 12.7. The van der Waals surface area contributed by atoms with Gasteiger partial charge in [-0.1, -0.05) is 6.07 Å². The van der Waals surface area contributed by atoms with Crippen LogP contribution in [0.1, 0.15) is 29.6 Å². The van der Waals surface area contributed by atoms with Crippen molar-refractivity contribution in [3.63, 3.8) is 0 Å². The minimum atomic E-state index is -0.204. The van der Waals surface area contributed by atoms with Gasteiger partial charge in [-0.2, -0.15) is 0 Å². The van der Waals surface area contributed by atoms with Gasteiger partial charge in [-0.25, -0.2) is 4.79 Å². The monoisotopic (exact) mass is 368 g/mol. The second kappa shape index (κ2) is 10.3. The molecule has 0 unspecified atom stereocenters. The highest BCUT2D eigenvalue weighted by molar-refractivity contribution is 5.96. The van der Waals surface area contributed by atoms with Gasteiger partial charge in [0.15, 0.2) is 0 Å². The average Bonchev–Trinajstić information content (AvgIpc) is 2.60. The molecular formula is C18H29ClN4O2. The molecule has 1 heterocycles. The van der Waals surface area contributed by atoms with Crippen LogP contribution in [0.25, 0.3) is 0 Å². The van der Waals surface area contributed by atoms with Crippen LogP contribution in [0, 0.1) is 5.92 Å². The smallest absolute Gasteiger partial charge is 0.321 e. The van der Waals surface area contributed by atoms with Crippen LogP contribution in [0.15, 0.2) is 24.3 Å². The number of nitrogens with one attached hydrogen (secondary N) is 2. The summed E-state index contributed by atoms with van der Waals surface area (Å²) in [6.07, 6.45) is 3.29. The van der Waals surface area contributed by atoms with Gasteiger partial charge in [0.1, 0.15) is 0 Å². The normalized spacial score (nSPS) is 14.6. The summed E-state index contributed by atoms with van der Waals surface area (Å²) in [6.45, 7) is 2.65. The van der Waals surface area contributed by atoms with Crippen molar-refractivity contribution in [3.05, 3.63) is 29.8 Å². The Morgan fingerprint density at radius 2 is 1.92 bits per heavy atom. The minimum absolute atomic E-state index is 0. The lowest BCUT2D eigenvalue weighted by atomic mass is 9.93. The van der Waals surface area contributed by atoms with Crippen LogP contribution in [-0.4, -0.2) is 62.5 Å². The lowest BCUT2D eigenvalue weighted by Gasteiger charge is -2.32. The van der Waals surface area contributed by atoms with E-state index < -0.39 is 0 Å². The fraction of sp³-hybridized carbons (Fsp3) is 0.556. The lowest BCUT2D eigenvalue weighted by molar-refractivity contribution is 0.0687. The molecule has 1 aromatic rings. The Morgan fingerprint density at radius 3 is 2.52 bits per heavy atom. The highest BCUT2D eigenvalue weighted by Gasteiger charge is 2.23. The van der Waals surface area contributed by atoms with Crippen LogP contribution in [0.4, 0.5) is 10.5 Å². The SMILES string of the molecule is CNCCC1CCN(C(=O)c2cccc(NC(=O)N(C)C)c2)CC1.Cl. The van der Waals surface area contributed by atoms with Gasteiger partial charge in [-0.05, 0) is 57.0 Å². The highest BCUT2D eigenvalue weighted by Crippen LogP contribution is 2.22. The number of amides is 3. The van der Waals surface area contributed by atoms with Crippen molar-refractivity contribution in [2.24, 2.45) is 5.92 Å². The fourth-order valence-corrected chi connectivity index (χ4v) is 2.92. The van der Waals surface area contributed by atoms with Gasteiger partial charge in [0.2, 0.25) is 0 Å². The first kappa shape index (κ1) is 21.3. The zero-order valence-electron chi connectivity index (χ0n) is 15.2. The molecule has 0 radical (unpaired) electrons. The molecule has 140 valence electrons. The molecule has 3 amide bonds. The molecule has 6 nitrogen and oxygen atoms in total. The molecule has 7 heteroatoms. The van der Waals surface area contributed by atoms with Crippen molar-refractivity contribution >= 4 is 30.0 Å². The molecule has 1 aromatic carbocycles. The molecule has 0 saturated carbocycles. The van der Waals surface area contributed by atoms with Gasteiger partial charge < -0.3 is 20.4 Å². The minimum Gasteiger partial charge on any atom is -0.339 e. The zero-order chi connectivity index (χ0) is 17.5. The quantitative estimate of drug-likeness (QED) is 0.839. The molecule has 0 bridgehead atoms. The van der Waals surface area contributed by atoms with E-state index in [-0.39, 0.29) is 24.3 Å². The summed E-state index contributed by atoms with van der Waals surface area (Å²) in [5.74, 6) is 0.746. The third-order valence-corrected chi connectivity index (χ3v) is 4.47. The summed E-state index contributed by atoms with van der Waals surface area (Å²) in [5.41, 5.74) is 1.27. The van der Waals surface area contributed by atoms with E-state index in [0.717, 1.165) is 32.5 Å². The third kappa shape index (κ3) is 6.21. The molecule has 1 aliphatic heterocycles. The van der Waals surface area contributed by atoms with Crippen LogP contribution >= 0.6 is 12.4 Å². The van der Waals surface area contributed by atoms with E-state index in [0.29, 0.717) is 17.2 Å². The summed E-state index contributed by atoms with van der Waals surface area (Å²) in [6, 6.07) is 6.95. The Bertz CT molecular complexity index is 572. The summed E-state index contributed by atoms with van der Waals surface area (Å²) in [7, 11) is 5.34. The van der Waals surface area contributed by atoms with Crippen LogP contribution in [0.2, 0.25) is 0 Å². The summed E-state index contributed by atoms with van der Waals surface area (Å²) < 4.78 is 0. The number of halogens is 1. The van der Waals surface area contributed by atoms with Crippen molar-refractivity contribution < 1.29 is 9.59 Å². The summed E-state index contributed by atoms with van der Waals surface area (Å²) in [4.78, 5) is 27.8. The van der Waals surface area contributed by atoms with E-state index in [2.05, 4.69) is 10.6 Å². The predicted molar refractivity (Wildman–Crippen MR) is 104 cm³/mol. The van der Waals surface area contributed by atoms with Crippen molar-refractivity contribution in [2.45, 2.75) is 19.3 Å². The van der Waals surface area contributed by atoms with Gasteiger partial charge in [0.05, 0.1) is 0 Å². The van der Waals surface area contributed by atoms with Crippen LogP contribution in [-0.2, 0) is 0 Å². The molecule has 1 aliphatic rings. The standard InChI is InChI=1S/C18H28N4O2.ClH/c1-19-10-7-14-8-11-22(12-9-14)17(23)15-5-4-6-16(13-15)20-18(24)21(2)3;/h4-6,13-14,19H,7-12H2,1-3H3,(H,20,24);1H. The first-order valence-corrected chi connectivity index (χ1v) is 8.53. The molecule has 0 atom stereocenters. The molecule has 25 heavy (non-hydrogen) atoms. The van der Waals surface area contributed by atoms with Crippen molar-refractivity contribution in [1.82, 2.24) is 15.1 Å². The number of carbonyl (C=O) groups excluding carboxylic acids is 2. The Balaban J connectivity index is 0.00000312. The van der Waals surface area contributed by atoms with E-state index in [9.17, 15) is 9.59 Å². The van der Waals surface area contributed by atoms with Gasteiger partial charge in [-0.15, -0.1) is 12.4 Å². The third-order valence-electron chi connectivity index (χ3n) is 4.47. The Kier molecular flexibility index (Phi) is 8.72. The summed E-state index contributed by atoms with van der Waals surface area (Å²) >= 11 is 0. The number of nitrogens with zero attached hydrogens (tertiary/aromatic N) is 2. The van der Waals surface area contributed by atoms with E-state index in [1.54, 1.807) is 38.4 Å². The van der Waals surface area contributed by atoms with Crippen molar-refractivity contribution in [2.75, 3.05) is 46.1 Å². The number of anilines is 1. The number of carbonyl (C=O) groups is 2. The lowest BCUT2D eigenvalue weighted by Crippen LogP contribution is -2.39. The number of urea groups is 1. The average molecular weight is 369 g/mol. The van der Waals surface area contributed by atoms with Crippen LogP contribution in [0.5, 0.6) is 0 Å².